The van der Waals surface area contributed by atoms with Crippen LogP contribution in [0.15, 0.2) is 91.1 Å². The first-order valence-electron chi connectivity index (χ1n) is 15.2. The van der Waals surface area contributed by atoms with E-state index in [1.807, 2.05) is 72.9 Å². The van der Waals surface area contributed by atoms with Crippen LogP contribution in [-0.2, 0) is 33.8 Å². The zero-order chi connectivity index (χ0) is 32.0. The highest BCUT2D eigenvalue weighted by Gasteiger charge is 2.33. The largest absolute Gasteiger partial charge is 0.392 e. The lowest BCUT2D eigenvalue weighted by Gasteiger charge is -2.38. The van der Waals surface area contributed by atoms with Gasteiger partial charge in [-0.05, 0) is 54.1 Å². The first kappa shape index (κ1) is 31.3. The Morgan fingerprint density at radius 2 is 1.65 bits per heavy atom. The van der Waals surface area contributed by atoms with Gasteiger partial charge >= 0.3 is 11.9 Å². The number of fused-ring (bicyclic) bond motifs is 1. The molecule has 0 radical (unpaired) electrons. The van der Waals surface area contributed by atoms with E-state index >= 15 is 0 Å². The second-order valence-corrected chi connectivity index (χ2v) is 11.5. The molecular formula is C36H35N3O7. The van der Waals surface area contributed by atoms with Gasteiger partial charge in [0.15, 0.2) is 6.29 Å². The minimum Gasteiger partial charge on any atom is -0.392 e. The summed E-state index contributed by atoms with van der Waals surface area (Å²) in [4.78, 5) is 43.0. The number of esters is 2. The SMILES string of the molecule is CN(CCc1ccccn1)CC1CC(c2ccc(CO)cc2)OC(c2ccc(CNC(=O)c3ccc4c(c3)C(=O)OC4=O)cc2)O1. The van der Waals surface area contributed by atoms with Crippen molar-refractivity contribution in [2.75, 3.05) is 20.1 Å². The molecule has 4 aromatic rings. The number of benzene rings is 3. The molecular weight excluding hydrogens is 586 g/mol. The molecule has 46 heavy (non-hydrogen) atoms. The van der Waals surface area contributed by atoms with Crippen molar-refractivity contribution in [3.05, 3.63) is 136 Å². The maximum Gasteiger partial charge on any atom is 0.346 e. The Morgan fingerprint density at radius 1 is 0.913 bits per heavy atom. The van der Waals surface area contributed by atoms with Crippen molar-refractivity contribution in [2.24, 2.45) is 0 Å². The Kier molecular flexibility index (Phi) is 9.60. The molecule has 1 amide bonds. The zero-order valence-electron chi connectivity index (χ0n) is 25.4. The van der Waals surface area contributed by atoms with Gasteiger partial charge in [0.2, 0.25) is 0 Å². The van der Waals surface area contributed by atoms with Crippen LogP contribution >= 0.6 is 0 Å². The molecule has 3 atom stereocenters. The molecule has 1 saturated heterocycles. The third kappa shape index (κ3) is 7.38. The number of rotatable bonds is 11. The number of aromatic nitrogens is 1. The van der Waals surface area contributed by atoms with Gasteiger partial charge in [-0.1, -0.05) is 54.6 Å². The van der Waals surface area contributed by atoms with Crippen molar-refractivity contribution in [2.45, 2.75) is 44.5 Å². The molecule has 2 N–H and O–H groups in total. The maximum absolute atomic E-state index is 12.8. The minimum absolute atomic E-state index is 0.0169. The van der Waals surface area contributed by atoms with Crippen LogP contribution in [0.4, 0.5) is 0 Å². The van der Waals surface area contributed by atoms with Crippen molar-refractivity contribution in [1.29, 1.82) is 0 Å². The molecule has 2 aliphatic heterocycles. The molecule has 0 spiro atoms. The molecule has 236 valence electrons. The van der Waals surface area contributed by atoms with E-state index in [1.54, 1.807) is 0 Å². The minimum atomic E-state index is -0.750. The molecule has 0 saturated carbocycles. The highest BCUT2D eigenvalue weighted by molar-refractivity contribution is 6.15. The number of pyridine rings is 1. The average molecular weight is 622 g/mol. The molecule has 3 heterocycles. The van der Waals surface area contributed by atoms with Crippen molar-refractivity contribution in [1.82, 2.24) is 15.2 Å². The molecule has 3 aromatic carbocycles. The van der Waals surface area contributed by atoms with Gasteiger partial charge in [-0.15, -0.1) is 0 Å². The predicted octanol–water partition coefficient (Wildman–Crippen LogP) is 4.53. The third-order valence-corrected chi connectivity index (χ3v) is 8.22. The Hall–Kier alpha value is -4.74. The van der Waals surface area contributed by atoms with Crippen molar-refractivity contribution < 1.29 is 33.7 Å². The Morgan fingerprint density at radius 3 is 2.39 bits per heavy atom. The first-order chi connectivity index (χ1) is 22.4. The average Bonchev–Trinajstić information content (AvgIpc) is 3.38. The monoisotopic (exact) mass is 621 g/mol. The van der Waals surface area contributed by atoms with E-state index in [0.29, 0.717) is 6.42 Å². The summed E-state index contributed by atoms with van der Waals surface area (Å²) in [5.74, 6) is -1.83. The van der Waals surface area contributed by atoms with Crippen LogP contribution in [0.2, 0.25) is 0 Å². The summed E-state index contributed by atoms with van der Waals surface area (Å²) in [6, 6.07) is 25.7. The summed E-state index contributed by atoms with van der Waals surface area (Å²) >= 11 is 0. The number of ether oxygens (including phenoxy) is 3. The summed E-state index contributed by atoms with van der Waals surface area (Å²) in [7, 11) is 2.08. The quantitative estimate of drug-likeness (QED) is 0.183. The van der Waals surface area contributed by atoms with Gasteiger partial charge in [-0.2, -0.15) is 0 Å². The Labute approximate surface area is 266 Å². The van der Waals surface area contributed by atoms with E-state index < -0.39 is 18.2 Å². The number of nitrogens with one attached hydrogen (secondary N) is 1. The van der Waals surface area contributed by atoms with Gasteiger partial charge in [-0.3, -0.25) is 9.78 Å². The summed E-state index contributed by atoms with van der Waals surface area (Å²) in [6.07, 6.45) is 2.45. The number of aliphatic hydroxyl groups is 1. The lowest BCUT2D eigenvalue weighted by Crippen LogP contribution is -2.38. The number of hydrogen-bond acceptors (Lipinski definition) is 9. The normalized spacial score (nSPS) is 19.2. The fourth-order valence-electron chi connectivity index (χ4n) is 5.63. The number of likely N-dealkylation sites (N-methyl/N-ethyl adjacent to an activating group) is 1. The molecule has 0 bridgehead atoms. The summed E-state index contributed by atoms with van der Waals surface area (Å²) in [5, 5.41) is 12.3. The fraction of sp³-hybridized carbons (Fsp3) is 0.278. The van der Waals surface area contributed by atoms with Gasteiger partial charge in [0, 0.05) is 55.5 Å². The van der Waals surface area contributed by atoms with Crippen LogP contribution in [0.25, 0.3) is 0 Å². The fourth-order valence-corrected chi connectivity index (χ4v) is 5.63. The van der Waals surface area contributed by atoms with E-state index in [4.69, 9.17) is 9.47 Å². The summed E-state index contributed by atoms with van der Waals surface area (Å²) in [6.45, 7) is 1.80. The lowest BCUT2D eigenvalue weighted by atomic mass is 9.99. The van der Waals surface area contributed by atoms with Gasteiger partial charge in [0.25, 0.3) is 5.91 Å². The first-order valence-corrected chi connectivity index (χ1v) is 15.2. The Bertz CT molecular complexity index is 1690. The maximum atomic E-state index is 12.8. The highest BCUT2D eigenvalue weighted by atomic mass is 16.7. The van der Waals surface area contributed by atoms with E-state index in [2.05, 4.69) is 27.0 Å². The molecule has 1 fully saturated rings. The standard InChI is InChI=1S/C36H35N3O7/c1-39(17-15-28-4-2-3-16-37-28)21-29-19-32(25-9-7-24(22-40)8-10-25)45-36(44-29)26-11-5-23(6-12-26)20-38-33(41)27-13-14-30-31(18-27)35(43)46-34(30)42/h2-14,16,18,29,32,36,40H,15,17,19-22H2,1H3,(H,38,41). The number of cyclic esters (lactones) is 2. The van der Waals surface area contributed by atoms with Crippen LogP contribution in [0.5, 0.6) is 0 Å². The number of carbonyl (C=O) groups is 3. The summed E-state index contributed by atoms with van der Waals surface area (Å²) < 4.78 is 17.6. The van der Waals surface area contributed by atoms with Crippen LogP contribution in [-0.4, -0.2) is 59.1 Å². The number of aliphatic hydroxyl groups excluding tert-OH is 1. The highest BCUT2D eigenvalue weighted by Crippen LogP contribution is 2.38. The number of amides is 1. The number of carbonyl (C=O) groups excluding carboxylic acids is 3. The van der Waals surface area contributed by atoms with E-state index in [9.17, 15) is 19.5 Å². The topological polar surface area (TPSA) is 127 Å². The van der Waals surface area contributed by atoms with Crippen LogP contribution in [0, 0.1) is 0 Å². The molecule has 2 aliphatic rings. The molecule has 6 rings (SSSR count). The molecule has 1 aromatic heterocycles. The van der Waals surface area contributed by atoms with Crippen molar-refractivity contribution in [3.8, 4) is 0 Å². The van der Waals surface area contributed by atoms with Crippen molar-refractivity contribution in [3.63, 3.8) is 0 Å². The van der Waals surface area contributed by atoms with E-state index in [-0.39, 0.29) is 48.0 Å². The van der Waals surface area contributed by atoms with Gasteiger partial charge in [-0.25, -0.2) is 9.59 Å². The van der Waals surface area contributed by atoms with E-state index in [0.717, 1.165) is 47.5 Å². The Balaban J connectivity index is 1.10. The predicted molar refractivity (Wildman–Crippen MR) is 168 cm³/mol. The summed E-state index contributed by atoms with van der Waals surface area (Å²) in [5.41, 5.74) is 5.15. The molecule has 0 aliphatic carbocycles. The van der Waals surface area contributed by atoms with E-state index in [1.165, 1.54) is 18.2 Å². The van der Waals surface area contributed by atoms with Crippen LogP contribution in [0.3, 0.4) is 0 Å². The second kappa shape index (κ2) is 14.1. The molecule has 3 unspecified atom stereocenters. The lowest BCUT2D eigenvalue weighted by molar-refractivity contribution is -0.252. The molecule has 10 heteroatoms. The molecule has 10 nitrogen and oxygen atoms in total. The number of hydrogen-bond donors (Lipinski definition) is 2. The third-order valence-electron chi connectivity index (χ3n) is 8.22. The van der Waals surface area contributed by atoms with Crippen molar-refractivity contribution >= 4 is 17.8 Å². The zero-order valence-corrected chi connectivity index (χ0v) is 25.4. The number of nitrogens with zero attached hydrogens (tertiary/aromatic N) is 2. The smallest absolute Gasteiger partial charge is 0.346 e. The van der Waals surface area contributed by atoms with Gasteiger partial charge < -0.3 is 29.5 Å². The van der Waals surface area contributed by atoms with Crippen LogP contribution in [0.1, 0.15) is 77.8 Å². The van der Waals surface area contributed by atoms with Gasteiger partial charge in [0.1, 0.15) is 0 Å². The second-order valence-electron chi connectivity index (χ2n) is 11.5. The van der Waals surface area contributed by atoms with Crippen LogP contribution < -0.4 is 5.32 Å². The van der Waals surface area contributed by atoms with Gasteiger partial charge in [0.05, 0.1) is 29.9 Å².